The van der Waals surface area contributed by atoms with Crippen molar-refractivity contribution in [3.05, 3.63) is 34.7 Å². The summed E-state index contributed by atoms with van der Waals surface area (Å²) in [6.45, 7) is 4.28. The summed E-state index contributed by atoms with van der Waals surface area (Å²) in [5.74, 6) is -0.486. The van der Waals surface area contributed by atoms with E-state index in [1.165, 1.54) is 19.1 Å². The smallest absolute Gasteiger partial charge is 0.163 e. The highest BCUT2D eigenvalue weighted by atomic mass is 35.5. The van der Waals surface area contributed by atoms with Gasteiger partial charge in [-0.05, 0) is 31.5 Å². The molecular formula is C14H15ClFNO. The Balaban J connectivity index is 2.70. The van der Waals surface area contributed by atoms with Crippen molar-refractivity contribution in [1.82, 2.24) is 4.57 Å². The molecule has 2 aromatic rings. The zero-order valence-corrected chi connectivity index (χ0v) is 11.2. The Morgan fingerprint density at radius 3 is 2.78 bits per heavy atom. The van der Waals surface area contributed by atoms with E-state index in [-0.39, 0.29) is 11.6 Å². The SMILES string of the molecule is CCCCn1c(Cl)c(C(C)=O)c2cc(F)ccc21. The van der Waals surface area contributed by atoms with Gasteiger partial charge in [0, 0.05) is 11.9 Å². The highest BCUT2D eigenvalue weighted by Gasteiger charge is 2.18. The summed E-state index contributed by atoms with van der Waals surface area (Å²) in [6.07, 6.45) is 2.00. The molecule has 0 saturated carbocycles. The van der Waals surface area contributed by atoms with E-state index >= 15 is 0 Å². The van der Waals surface area contributed by atoms with E-state index in [0.717, 1.165) is 24.9 Å². The molecule has 0 atom stereocenters. The van der Waals surface area contributed by atoms with Crippen molar-refractivity contribution in [3.63, 3.8) is 0 Å². The molecule has 1 aromatic carbocycles. The number of hydrogen-bond acceptors (Lipinski definition) is 1. The van der Waals surface area contributed by atoms with Crippen LogP contribution in [-0.2, 0) is 6.54 Å². The fourth-order valence-corrected chi connectivity index (χ4v) is 2.58. The third-order valence-electron chi connectivity index (χ3n) is 3.05. The van der Waals surface area contributed by atoms with Crippen molar-refractivity contribution in [2.75, 3.05) is 0 Å². The highest BCUT2D eigenvalue weighted by molar-refractivity contribution is 6.35. The van der Waals surface area contributed by atoms with Crippen LogP contribution in [0.25, 0.3) is 10.9 Å². The lowest BCUT2D eigenvalue weighted by Crippen LogP contribution is -1.98. The molecule has 0 aliphatic rings. The summed E-state index contributed by atoms with van der Waals surface area (Å²) in [7, 11) is 0. The first-order valence-corrected chi connectivity index (χ1v) is 6.42. The summed E-state index contributed by atoms with van der Waals surface area (Å²) in [4.78, 5) is 11.7. The second-order valence-electron chi connectivity index (χ2n) is 4.39. The van der Waals surface area contributed by atoms with Crippen LogP contribution < -0.4 is 0 Å². The van der Waals surface area contributed by atoms with Crippen LogP contribution in [-0.4, -0.2) is 10.4 Å². The minimum absolute atomic E-state index is 0.133. The first kappa shape index (κ1) is 13.1. The minimum atomic E-state index is -0.352. The number of halogens is 2. The van der Waals surface area contributed by atoms with Gasteiger partial charge in [-0.3, -0.25) is 4.79 Å². The van der Waals surface area contributed by atoms with Gasteiger partial charge in [-0.25, -0.2) is 4.39 Å². The van der Waals surface area contributed by atoms with Gasteiger partial charge < -0.3 is 4.57 Å². The van der Waals surface area contributed by atoms with Gasteiger partial charge in [0.05, 0.1) is 11.1 Å². The molecule has 18 heavy (non-hydrogen) atoms. The Morgan fingerprint density at radius 2 is 2.17 bits per heavy atom. The molecule has 96 valence electrons. The molecule has 0 bridgehead atoms. The quantitative estimate of drug-likeness (QED) is 0.751. The van der Waals surface area contributed by atoms with Crippen LogP contribution >= 0.6 is 11.6 Å². The largest absolute Gasteiger partial charge is 0.331 e. The maximum absolute atomic E-state index is 13.3. The molecule has 1 aromatic heterocycles. The van der Waals surface area contributed by atoms with Gasteiger partial charge in [-0.2, -0.15) is 0 Å². The highest BCUT2D eigenvalue weighted by Crippen LogP contribution is 2.31. The number of nitrogens with zero attached hydrogens (tertiary/aromatic N) is 1. The van der Waals surface area contributed by atoms with Crippen LogP contribution in [0.15, 0.2) is 18.2 Å². The Hall–Kier alpha value is -1.35. The molecular weight excluding hydrogens is 253 g/mol. The molecule has 0 N–H and O–H groups in total. The summed E-state index contributed by atoms with van der Waals surface area (Å²) in [5.41, 5.74) is 1.24. The molecule has 4 heteroatoms. The Kier molecular flexibility index (Phi) is 3.71. The summed E-state index contributed by atoms with van der Waals surface area (Å²) in [6, 6.07) is 4.45. The first-order valence-electron chi connectivity index (χ1n) is 6.04. The number of benzene rings is 1. The van der Waals surface area contributed by atoms with Gasteiger partial charge in [-0.1, -0.05) is 24.9 Å². The van der Waals surface area contributed by atoms with Crippen molar-refractivity contribution < 1.29 is 9.18 Å². The standard InChI is InChI=1S/C14H15ClFNO/c1-3-4-7-17-12-6-5-10(16)8-11(12)13(9(2)18)14(17)15/h5-6,8H,3-4,7H2,1-2H3. The van der Waals surface area contributed by atoms with Gasteiger partial charge in [0.2, 0.25) is 0 Å². The number of aromatic nitrogens is 1. The predicted molar refractivity (Wildman–Crippen MR) is 71.8 cm³/mol. The molecule has 0 spiro atoms. The van der Waals surface area contributed by atoms with Gasteiger partial charge in [0.1, 0.15) is 11.0 Å². The van der Waals surface area contributed by atoms with E-state index in [2.05, 4.69) is 6.92 Å². The van der Waals surface area contributed by atoms with Crippen molar-refractivity contribution >= 4 is 28.3 Å². The number of Topliss-reactive ketones (excluding diaryl/α,β-unsaturated/α-hetero) is 1. The van der Waals surface area contributed by atoms with Crippen molar-refractivity contribution in [2.45, 2.75) is 33.2 Å². The Morgan fingerprint density at radius 1 is 1.44 bits per heavy atom. The van der Waals surface area contributed by atoms with E-state index in [1.807, 2.05) is 4.57 Å². The molecule has 0 amide bonds. The lowest BCUT2D eigenvalue weighted by molar-refractivity contribution is 0.101. The number of carbonyl (C=O) groups excluding carboxylic acids is 1. The molecule has 1 heterocycles. The zero-order chi connectivity index (χ0) is 13.3. The van der Waals surface area contributed by atoms with Crippen LogP contribution in [0, 0.1) is 5.82 Å². The first-order chi connectivity index (χ1) is 8.56. The normalized spacial score (nSPS) is 11.1. The summed E-state index contributed by atoms with van der Waals surface area (Å²) < 4.78 is 15.2. The second kappa shape index (κ2) is 5.11. The van der Waals surface area contributed by atoms with Crippen molar-refractivity contribution in [3.8, 4) is 0 Å². The van der Waals surface area contributed by atoms with Gasteiger partial charge in [0.25, 0.3) is 0 Å². The van der Waals surface area contributed by atoms with E-state index in [0.29, 0.717) is 16.1 Å². The average molecular weight is 268 g/mol. The maximum atomic E-state index is 13.3. The van der Waals surface area contributed by atoms with Gasteiger partial charge in [-0.15, -0.1) is 0 Å². The van der Waals surface area contributed by atoms with E-state index < -0.39 is 0 Å². The van der Waals surface area contributed by atoms with Crippen LogP contribution in [0.2, 0.25) is 5.15 Å². The Labute approximate surface area is 110 Å². The monoisotopic (exact) mass is 267 g/mol. The molecule has 0 aliphatic carbocycles. The number of unbranched alkanes of at least 4 members (excludes halogenated alkanes) is 1. The predicted octanol–water partition coefficient (Wildman–Crippen LogP) is 4.44. The molecule has 0 radical (unpaired) electrons. The molecule has 0 saturated heterocycles. The lowest BCUT2D eigenvalue weighted by Gasteiger charge is -2.05. The average Bonchev–Trinajstić information content (AvgIpc) is 2.58. The van der Waals surface area contributed by atoms with Crippen LogP contribution in [0.3, 0.4) is 0 Å². The number of rotatable bonds is 4. The zero-order valence-electron chi connectivity index (χ0n) is 10.5. The lowest BCUT2D eigenvalue weighted by atomic mass is 10.1. The second-order valence-corrected chi connectivity index (χ2v) is 4.75. The van der Waals surface area contributed by atoms with Crippen LogP contribution in [0.5, 0.6) is 0 Å². The van der Waals surface area contributed by atoms with E-state index in [4.69, 9.17) is 11.6 Å². The third kappa shape index (κ3) is 2.15. The van der Waals surface area contributed by atoms with Crippen LogP contribution in [0.1, 0.15) is 37.0 Å². The van der Waals surface area contributed by atoms with Crippen molar-refractivity contribution in [2.24, 2.45) is 0 Å². The fraction of sp³-hybridized carbons (Fsp3) is 0.357. The van der Waals surface area contributed by atoms with Crippen molar-refractivity contribution in [1.29, 1.82) is 0 Å². The molecule has 0 fully saturated rings. The number of aryl methyl sites for hydroxylation is 1. The van der Waals surface area contributed by atoms with Crippen LogP contribution in [0.4, 0.5) is 4.39 Å². The molecule has 2 rings (SSSR count). The molecule has 0 unspecified atom stereocenters. The number of carbonyl (C=O) groups is 1. The third-order valence-corrected chi connectivity index (χ3v) is 3.44. The molecule has 2 nitrogen and oxygen atoms in total. The topological polar surface area (TPSA) is 22.0 Å². The summed E-state index contributed by atoms with van der Waals surface area (Å²) in [5, 5.41) is 1.01. The fourth-order valence-electron chi connectivity index (χ4n) is 2.17. The van der Waals surface area contributed by atoms with Gasteiger partial charge in [0.15, 0.2) is 5.78 Å². The number of hydrogen-bond donors (Lipinski definition) is 0. The van der Waals surface area contributed by atoms with E-state index in [9.17, 15) is 9.18 Å². The number of fused-ring (bicyclic) bond motifs is 1. The Bertz CT molecular complexity index is 603. The van der Waals surface area contributed by atoms with Gasteiger partial charge >= 0.3 is 0 Å². The number of ketones is 1. The van der Waals surface area contributed by atoms with E-state index in [1.54, 1.807) is 6.07 Å². The maximum Gasteiger partial charge on any atom is 0.163 e. The minimum Gasteiger partial charge on any atom is -0.331 e. The summed E-state index contributed by atoms with van der Waals surface area (Å²) >= 11 is 6.25. The molecule has 0 aliphatic heterocycles.